The lowest BCUT2D eigenvalue weighted by atomic mass is 10.2. The van der Waals surface area contributed by atoms with Gasteiger partial charge in [0.25, 0.3) is 0 Å². The molecule has 0 saturated heterocycles. The highest BCUT2D eigenvalue weighted by Gasteiger charge is 2.38. The SMILES string of the molecule is CC1(CNS(=O)(=O)c2cc(N)c(Br)cc2F)CC1. The van der Waals surface area contributed by atoms with E-state index in [4.69, 9.17) is 5.73 Å². The molecule has 1 fully saturated rings. The van der Waals surface area contributed by atoms with Crippen LogP contribution >= 0.6 is 15.9 Å². The molecule has 0 bridgehead atoms. The van der Waals surface area contributed by atoms with Gasteiger partial charge in [-0.3, -0.25) is 0 Å². The van der Waals surface area contributed by atoms with E-state index in [0.29, 0.717) is 11.0 Å². The van der Waals surface area contributed by atoms with Gasteiger partial charge >= 0.3 is 0 Å². The normalized spacial score (nSPS) is 17.7. The highest BCUT2D eigenvalue weighted by Crippen LogP contribution is 2.44. The van der Waals surface area contributed by atoms with Crippen molar-refractivity contribution in [3.05, 3.63) is 22.4 Å². The highest BCUT2D eigenvalue weighted by atomic mass is 79.9. The number of sulfonamides is 1. The van der Waals surface area contributed by atoms with Crippen LogP contribution in [0.2, 0.25) is 0 Å². The second-order valence-electron chi connectivity index (χ2n) is 4.94. The number of anilines is 1. The first kappa shape index (κ1) is 13.8. The summed E-state index contributed by atoms with van der Waals surface area (Å²) >= 11 is 3.05. The molecule has 1 saturated carbocycles. The van der Waals surface area contributed by atoms with Crippen molar-refractivity contribution >= 4 is 31.6 Å². The Hall–Kier alpha value is -0.660. The zero-order chi connectivity index (χ0) is 13.6. The molecular weight excluding hydrogens is 323 g/mol. The molecule has 1 aliphatic carbocycles. The third kappa shape index (κ3) is 2.84. The van der Waals surface area contributed by atoms with E-state index in [1.165, 1.54) is 0 Å². The zero-order valence-electron chi connectivity index (χ0n) is 9.83. The molecule has 7 heteroatoms. The fourth-order valence-electron chi connectivity index (χ4n) is 1.49. The molecule has 4 nitrogen and oxygen atoms in total. The number of nitrogens with one attached hydrogen (secondary N) is 1. The van der Waals surface area contributed by atoms with Gasteiger partial charge in [0.2, 0.25) is 10.0 Å². The lowest BCUT2D eigenvalue weighted by molar-refractivity contribution is 0.522. The Labute approximate surface area is 114 Å². The molecule has 0 aliphatic heterocycles. The summed E-state index contributed by atoms with van der Waals surface area (Å²) in [6, 6.07) is 2.18. The molecule has 3 N–H and O–H groups in total. The molecule has 0 amide bonds. The lowest BCUT2D eigenvalue weighted by Gasteiger charge is -2.12. The van der Waals surface area contributed by atoms with Crippen molar-refractivity contribution in [3.63, 3.8) is 0 Å². The van der Waals surface area contributed by atoms with Gasteiger partial charge in [-0.1, -0.05) is 6.92 Å². The summed E-state index contributed by atoms with van der Waals surface area (Å²) in [7, 11) is -3.85. The number of halogens is 2. The molecule has 0 heterocycles. The fourth-order valence-corrected chi connectivity index (χ4v) is 3.10. The molecule has 0 radical (unpaired) electrons. The van der Waals surface area contributed by atoms with Crippen molar-refractivity contribution in [2.45, 2.75) is 24.7 Å². The van der Waals surface area contributed by atoms with E-state index < -0.39 is 20.7 Å². The first-order chi connectivity index (χ1) is 8.23. The fraction of sp³-hybridized carbons (Fsp3) is 0.455. The van der Waals surface area contributed by atoms with Crippen LogP contribution in [0.3, 0.4) is 0 Å². The molecular formula is C11H14BrFN2O2S. The summed E-state index contributed by atoms with van der Waals surface area (Å²) < 4.78 is 40.4. The quantitative estimate of drug-likeness (QED) is 0.828. The van der Waals surface area contributed by atoms with Crippen LogP contribution in [0.15, 0.2) is 21.5 Å². The Kier molecular flexibility index (Phi) is 3.42. The van der Waals surface area contributed by atoms with Crippen molar-refractivity contribution < 1.29 is 12.8 Å². The maximum Gasteiger partial charge on any atom is 0.243 e. The first-order valence-electron chi connectivity index (χ1n) is 5.48. The minimum atomic E-state index is -3.85. The van der Waals surface area contributed by atoms with Gasteiger partial charge in [-0.15, -0.1) is 0 Å². The molecule has 1 aromatic carbocycles. The highest BCUT2D eigenvalue weighted by molar-refractivity contribution is 9.10. The van der Waals surface area contributed by atoms with Crippen molar-refractivity contribution in [3.8, 4) is 0 Å². The average Bonchev–Trinajstić information content (AvgIpc) is 3.00. The van der Waals surface area contributed by atoms with Gasteiger partial charge < -0.3 is 5.73 Å². The Morgan fingerprint density at radius 3 is 2.67 bits per heavy atom. The summed E-state index contributed by atoms with van der Waals surface area (Å²) in [6.45, 7) is 2.31. The molecule has 1 aromatic rings. The maximum atomic E-state index is 13.7. The van der Waals surface area contributed by atoms with E-state index >= 15 is 0 Å². The predicted octanol–water partition coefficient (Wildman–Crippen LogP) is 2.25. The van der Waals surface area contributed by atoms with E-state index in [1.54, 1.807) is 0 Å². The van der Waals surface area contributed by atoms with E-state index in [2.05, 4.69) is 20.7 Å². The lowest BCUT2D eigenvalue weighted by Crippen LogP contribution is -2.29. The van der Waals surface area contributed by atoms with Crippen molar-refractivity contribution in [1.82, 2.24) is 4.72 Å². The number of rotatable bonds is 4. The number of hydrogen-bond donors (Lipinski definition) is 2. The van der Waals surface area contributed by atoms with Gasteiger partial charge in [-0.05, 0) is 46.3 Å². The smallest absolute Gasteiger partial charge is 0.243 e. The molecule has 0 spiro atoms. The van der Waals surface area contributed by atoms with Crippen LogP contribution < -0.4 is 10.5 Å². The van der Waals surface area contributed by atoms with Gasteiger partial charge in [0.05, 0.1) is 0 Å². The van der Waals surface area contributed by atoms with E-state index in [9.17, 15) is 12.8 Å². The Balaban J connectivity index is 2.26. The monoisotopic (exact) mass is 336 g/mol. The van der Waals surface area contributed by atoms with Crippen LogP contribution in [0.4, 0.5) is 10.1 Å². The summed E-state index contributed by atoms with van der Waals surface area (Å²) in [5.74, 6) is -0.815. The van der Waals surface area contributed by atoms with Gasteiger partial charge in [-0.2, -0.15) is 0 Å². The number of nitrogens with two attached hydrogens (primary N) is 1. The number of nitrogen functional groups attached to an aromatic ring is 1. The van der Waals surface area contributed by atoms with Crippen LogP contribution in [-0.2, 0) is 10.0 Å². The number of benzene rings is 1. The Morgan fingerprint density at radius 2 is 2.11 bits per heavy atom. The second kappa shape index (κ2) is 4.47. The minimum absolute atomic E-state index is 0.0183. The summed E-state index contributed by atoms with van der Waals surface area (Å²) in [6.07, 6.45) is 1.97. The summed E-state index contributed by atoms with van der Waals surface area (Å²) in [5.41, 5.74) is 5.78. The van der Waals surface area contributed by atoms with E-state index in [0.717, 1.165) is 25.0 Å². The van der Waals surface area contributed by atoms with Gasteiger partial charge in [-0.25, -0.2) is 17.5 Å². The van der Waals surface area contributed by atoms with Crippen molar-refractivity contribution in [2.24, 2.45) is 5.41 Å². The average molecular weight is 337 g/mol. The molecule has 18 heavy (non-hydrogen) atoms. The Morgan fingerprint density at radius 1 is 1.50 bits per heavy atom. The Bertz CT molecular complexity index is 585. The van der Waals surface area contributed by atoms with Crippen LogP contribution in [-0.4, -0.2) is 15.0 Å². The molecule has 0 unspecified atom stereocenters. The number of hydrogen-bond acceptors (Lipinski definition) is 3. The molecule has 100 valence electrons. The first-order valence-corrected chi connectivity index (χ1v) is 7.75. The minimum Gasteiger partial charge on any atom is -0.398 e. The molecule has 0 aromatic heterocycles. The molecule has 1 aliphatic rings. The zero-order valence-corrected chi connectivity index (χ0v) is 12.2. The van der Waals surface area contributed by atoms with Crippen molar-refractivity contribution in [1.29, 1.82) is 0 Å². The molecule has 2 rings (SSSR count). The van der Waals surface area contributed by atoms with Gasteiger partial charge in [0.1, 0.15) is 10.7 Å². The van der Waals surface area contributed by atoms with Crippen molar-refractivity contribution in [2.75, 3.05) is 12.3 Å². The topological polar surface area (TPSA) is 72.2 Å². The second-order valence-corrected chi connectivity index (χ2v) is 7.53. The predicted molar refractivity (Wildman–Crippen MR) is 71.0 cm³/mol. The summed E-state index contributed by atoms with van der Waals surface area (Å²) in [4.78, 5) is -0.410. The van der Waals surface area contributed by atoms with E-state index in [1.807, 2.05) is 6.92 Å². The third-order valence-corrected chi connectivity index (χ3v) is 5.24. The third-order valence-electron chi connectivity index (χ3n) is 3.13. The molecule has 0 atom stereocenters. The van der Waals surface area contributed by atoms with E-state index in [-0.39, 0.29) is 11.1 Å². The van der Waals surface area contributed by atoms with Crippen LogP contribution in [0.25, 0.3) is 0 Å². The standard InChI is InChI=1S/C11H14BrFN2O2S/c1-11(2-3-11)6-15-18(16,17)10-5-9(14)7(12)4-8(10)13/h4-5,15H,2-3,6,14H2,1H3. The summed E-state index contributed by atoms with van der Waals surface area (Å²) in [5, 5.41) is 0. The maximum absolute atomic E-state index is 13.7. The van der Waals surface area contributed by atoms with Crippen LogP contribution in [0.1, 0.15) is 19.8 Å². The van der Waals surface area contributed by atoms with Crippen LogP contribution in [0.5, 0.6) is 0 Å². The van der Waals surface area contributed by atoms with Crippen LogP contribution in [0, 0.1) is 11.2 Å². The largest absolute Gasteiger partial charge is 0.398 e. The van der Waals surface area contributed by atoms with Gasteiger partial charge in [0, 0.05) is 16.7 Å². The van der Waals surface area contributed by atoms with Gasteiger partial charge in [0.15, 0.2) is 0 Å².